The van der Waals surface area contributed by atoms with Gasteiger partial charge in [-0.05, 0) is 118 Å². The van der Waals surface area contributed by atoms with Crippen molar-refractivity contribution in [2.45, 2.75) is 52.4 Å². The van der Waals surface area contributed by atoms with Crippen LogP contribution in [0.2, 0.25) is 0 Å². The SMILES string of the molecule is CC(C)(C)c1ccc2c(c1)c1cc(C(C)(C)C)ccc1n2-c1c2ccccc2c(-c2ccc3sc4c(-c5c6ccccc6c(-c6ccccc6)c6ccccc56)cccc4c3c2)c2ccccc12. The highest BCUT2D eigenvalue weighted by Gasteiger charge is 2.25. The van der Waals surface area contributed by atoms with Crippen LogP contribution in [-0.4, -0.2) is 4.57 Å². The molecule has 1 nitrogen and oxygen atoms in total. The van der Waals surface area contributed by atoms with Crippen LogP contribution in [0.3, 0.4) is 0 Å². The van der Waals surface area contributed by atoms with Crippen molar-refractivity contribution in [3.8, 4) is 39.1 Å². The van der Waals surface area contributed by atoms with Crippen LogP contribution in [0.15, 0.2) is 200 Å². The predicted molar refractivity (Wildman–Crippen MR) is 297 cm³/mol. The van der Waals surface area contributed by atoms with E-state index in [1.807, 2.05) is 11.3 Å². The second-order valence-electron chi connectivity index (χ2n) is 20.8. The monoisotopic (exact) mass is 889 g/mol. The molecule has 0 saturated carbocycles. The van der Waals surface area contributed by atoms with Gasteiger partial charge in [-0.15, -0.1) is 11.3 Å². The third-order valence-corrected chi connectivity index (χ3v) is 15.9. The first-order chi connectivity index (χ1) is 33.0. The standard InChI is InChI=1S/C66H51NS/c1-65(2,3)42-32-34-57-54(38-42)55-39-43(66(4,5)6)33-35-58(55)67(57)63-50-27-16-14-25-48(50)61(49-26-15-17-28-51(49)63)41-31-36-59-56(37-41)52-29-18-30-53(64(52)68-59)62-46-23-12-10-21-44(46)60(40-19-8-7-9-20-40)45-22-11-13-24-47(45)62/h7-39H,1-6H3. The fourth-order valence-corrected chi connectivity index (χ4v) is 12.5. The molecule has 0 spiro atoms. The van der Waals surface area contributed by atoms with E-state index in [1.54, 1.807) is 0 Å². The summed E-state index contributed by atoms with van der Waals surface area (Å²) in [5, 5.41) is 15.3. The van der Waals surface area contributed by atoms with Crippen molar-refractivity contribution in [3.63, 3.8) is 0 Å². The van der Waals surface area contributed by atoms with Crippen LogP contribution < -0.4 is 0 Å². The summed E-state index contributed by atoms with van der Waals surface area (Å²) in [5.41, 5.74) is 14.1. The molecule has 0 aliphatic rings. The molecule has 2 aromatic heterocycles. The van der Waals surface area contributed by atoms with Gasteiger partial charge in [0.2, 0.25) is 0 Å². The van der Waals surface area contributed by atoms with Gasteiger partial charge >= 0.3 is 0 Å². The Morgan fingerprint density at radius 3 is 1.28 bits per heavy atom. The Morgan fingerprint density at radius 1 is 0.324 bits per heavy atom. The fourth-order valence-electron chi connectivity index (χ4n) is 11.3. The Balaban J connectivity index is 1.05. The summed E-state index contributed by atoms with van der Waals surface area (Å²) >= 11 is 1.92. The van der Waals surface area contributed by atoms with Gasteiger partial charge in [-0.25, -0.2) is 0 Å². The first-order valence-electron chi connectivity index (χ1n) is 24.0. The molecule has 326 valence electrons. The molecule has 0 N–H and O–H groups in total. The number of rotatable bonds is 4. The van der Waals surface area contributed by atoms with Gasteiger partial charge in [0.1, 0.15) is 0 Å². The number of nitrogens with zero attached hydrogens (tertiary/aromatic N) is 1. The fraction of sp³-hybridized carbons (Fsp3) is 0.121. The largest absolute Gasteiger partial charge is 0.308 e. The first-order valence-corrected chi connectivity index (χ1v) is 24.8. The molecule has 11 aromatic carbocycles. The van der Waals surface area contributed by atoms with Gasteiger partial charge in [0.15, 0.2) is 0 Å². The van der Waals surface area contributed by atoms with E-state index in [0.717, 1.165) is 0 Å². The number of benzene rings is 11. The van der Waals surface area contributed by atoms with Crippen molar-refractivity contribution in [3.05, 3.63) is 211 Å². The molecule has 0 bridgehead atoms. The summed E-state index contributed by atoms with van der Waals surface area (Å²) in [4.78, 5) is 0. The minimum Gasteiger partial charge on any atom is -0.308 e. The van der Waals surface area contributed by atoms with Crippen LogP contribution in [0.1, 0.15) is 52.7 Å². The number of hydrogen-bond donors (Lipinski definition) is 0. The number of hydrogen-bond acceptors (Lipinski definition) is 1. The van der Waals surface area contributed by atoms with E-state index in [2.05, 4.69) is 246 Å². The predicted octanol–water partition coefficient (Wildman–Crippen LogP) is 19.4. The van der Waals surface area contributed by atoms with Gasteiger partial charge < -0.3 is 4.57 Å². The number of thiophene rings is 1. The molecule has 0 aliphatic heterocycles. The van der Waals surface area contributed by atoms with Crippen LogP contribution >= 0.6 is 11.3 Å². The summed E-state index contributed by atoms with van der Waals surface area (Å²) in [6.07, 6.45) is 0. The Bertz CT molecular complexity index is 4020. The quantitative estimate of drug-likeness (QED) is 0.155. The molecule has 0 fully saturated rings. The zero-order valence-electron chi connectivity index (χ0n) is 39.4. The van der Waals surface area contributed by atoms with Crippen molar-refractivity contribution in [2.24, 2.45) is 0 Å². The summed E-state index contributed by atoms with van der Waals surface area (Å²) in [6.45, 7) is 13.9. The van der Waals surface area contributed by atoms with Crippen LogP contribution in [-0.2, 0) is 10.8 Å². The molecule has 0 saturated heterocycles. The number of fused-ring (bicyclic) bond motifs is 10. The molecular weight excluding hydrogens is 839 g/mol. The van der Waals surface area contributed by atoms with E-state index in [4.69, 9.17) is 0 Å². The smallest absolute Gasteiger partial charge is 0.0619 e. The van der Waals surface area contributed by atoms with Crippen molar-refractivity contribution in [1.29, 1.82) is 0 Å². The lowest BCUT2D eigenvalue weighted by molar-refractivity contribution is 0.590. The van der Waals surface area contributed by atoms with E-state index < -0.39 is 0 Å². The zero-order chi connectivity index (χ0) is 46.1. The van der Waals surface area contributed by atoms with E-state index in [-0.39, 0.29) is 10.8 Å². The lowest BCUT2D eigenvalue weighted by atomic mass is 9.85. The lowest BCUT2D eigenvalue weighted by Gasteiger charge is -2.21. The lowest BCUT2D eigenvalue weighted by Crippen LogP contribution is -2.10. The normalized spacial score (nSPS) is 12.6. The van der Waals surface area contributed by atoms with E-state index in [1.165, 1.54) is 135 Å². The second-order valence-corrected chi connectivity index (χ2v) is 21.9. The Morgan fingerprint density at radius 2 is 0.765 bits per heavy atom. The van der Waals surface area contributed by atoms with Crippen LogP contribution in [0, 0.1) is 0 Å². The molecule has 0 atom stereocenters. The van der Waals surface area contributed by atoms with Crippen LogP contribution in [0.4, 0.5) is 0 Å². The maximum absolute atomic E-state index is 2.56. The van der Waals surface area contributed by atoms with Gasteiger partial charge in [0, 0.05) is 47.3 Å². The molecule has 13 rings (SSSR count). The van der Waals surface area contributed by atoms with Crippen molar-refractivity contribution in [1.82, 2.24) is 4.57 Å². The Kier molecular flexibility index (Phi) is 8.98. The van der Waals surface area contributed by atoms with Gasteiger partial charge in [-0.2, -0.15) is 0 Å². The molecule has 0 amide bonds. The number of aromatic nitrogens is 1. The molecule has 68 heavy (non-hydrogen) atoms. The van der Waals surface area contributed by atoms with Gasteiger partial charge in [-0.3, -0.25) is 0 Å². The summed E-state index contributed by atoms with van der Waals surface area (Å²) in [5.74, 6) is 0. The van der Waals surface area contributed by atoms with Crippen molar-refractivity contribution in [2.75, 3.05) is 0 Å². The molecule has 0 radical (unpaired) electrons. The first kappa shape index (κ1) is 40.7. The van der Waals surface area contributed by atoms with Crippen molar-refractivity contribution < 1.29 is 0 Å². The van der Waals surface area contributed by atoms with E-state index >= 15 is 0 Å². The van der Waals surface area contributed by atoms with Gasteiger partial charge in [0.25, 0.3) is 0 Å². The van der Waals surface area contributed by atoms with Crippen LogP contribution in [0.25, 0.3) is 124 Å². The van der Waals surface area contributed by atoms with Crippen LogP contribution in [0.5, 0.6) is 0 Å². The highest BCUT2D eigenvalue weighted by atomic mass is 32.1. The highest BCUT2D eigenvalue weighted by Crippen LogP contribution is 2.50. The zero-order valence-corrected chi connectivity index (χ0v) is 40.2. The average Bonchev–Trinajstić information content (AvgIpc) is 3.89. The Hall–Kier alpha value is -7.52. The molecule has 0 unspecified atom stereocenters. The van der Waals surface area contributed by atoms with Crippen molar-refractivity contribution >= 4 is 96.4 Å². The molecule has 2 heteroatoms. The van der Waals surface area contributed by atoms with E-state index in [9.17, 15) is 0 Å². The third kappa shape index (κ3) is 6.13. The minimum atomic E-state index is 0.0264. The molecule has 2 heterocycles. The third-order valence-electron chi connectivity index (χ3n) is 14.7. The minimum absolute atomic E-state index is 0.0264. The van der Waals surface area contributed by atoms with Gasteiger partial charge in [0.05, 0.1) is 16.7 Å². The highest BCUT2D eigenvalue weighted by molar-refractivity contribution is 7.26. The summed E-state index contributed by atoms with van der Waals surface area (Å²) in [6, 6.07) is 75.6. The molecule has 0 aliphatic carbocycles. The average molecular weight is 890 g/mol. The topological polar surface area (TPSA) is 4.93 Å². The maximum Gasteiger partial charge on any atom is 0.0619 e. The summed E-state index contributed by atoms with van der Waals surface area (Å²) < 4.78 is 5.18. The van der Waals surface area contributed by atoms with E-state index in [0.29, 0.717) is 0 Å². The summed E-state index contributed by atoms with van der Waals surface area (Å²) in [7, 11) is 0. The Labute approximate surface area is 401 Å². The molecular formula is C66H51NS. The molecule has 13 aromatic rings. The van der Waals surface area contributed by atoms with Gasteiger partial charge in [-0.1, -0.05) is 205 Å². The maximum atomic E-state index is 2.56. The second kappa shape index (κ2) is 15.0.